The molecule has 144 valence electrons. The summed E-state index contributed by atoms with van der Waals surface area (Å²) in [6.45, 7) is 3.70. The lowest BCUT2D eigenvalue weighted by Gasteiger charge is -2.08. The number of ether oxygens (including phenoxy) is 1. The molecule has 3 aromatic rings. The van der Waals surface area contributed by atoms with Crippen molar-refractivity contribution in [2.24, 2.45) is 0 Å². The van der Waals surface area contributed by atoms with E-state index in [1.807, 2.05) is 31.2 Å². The number of thiazole rings is 1. The number of carbonyl (C=O) groups excluding carboxylic acids is 2. The maximum atomic E-state index is 12.4. The van der Waals surface area contributed by atoms with E-state index >= 15 is 0 Å². The summed E-state index contributed by atoms with van der Waals surface area (Å²) in [4.78, 5) is 27.8. The highest BCUT2D eigenvalue weighted by molar-refractivity contribution is 7.09. The third-order valence-electron chi connectivity index (χ3n) is 3.71. The average Bonchev–Trinajstić information content (AvgIpc) is 3.12. The molecule has 28 heavy (non-hydrogen) atoms. The van der Waals surface area contributed by atoms with Crippen LogP contribution in [0.5, 0.6) is 5.75 Å². The Balaban J connectivity index is 1.60. The SMILES string of the molecule is CC(=O)Nc1ccc(NC(=O)c2csc(COc3ccc(C)cc3)n2)cc1Cl. The van der Waals surface area contributed by atoms with Gasteiger partial charge in [-0.15, -0.1) is 11.3 Å². The zero-order valence-electron chi connectivity index (χ0n) is 15.3. The van der Waals surface area contributed by atoms with Crippen molar-refractivity contribution in [3.8, 4) is 5.75 Å². The second kappa shape index (κ2) is 8.86. The van der Waals surface area contributed by atoms with Gasteiger partial charge in [0.25, 0.3) is 5.91 Å². The van der Waals surface area contributed by atoms with Crippen molar-refractivity contribution in [2.45, 2.75) is 20.5 Å². The maximum absolute atomic E-state index is 12.4. The molecule has 2 aromatic carbocycles. The van der Waals surface area contributed by atoms with Gasteiger partial charge in [0, 0.05) is 18.0 Å². The zero-order valence-corrected chi connectivity index (χ0v) is 16.9. The van der Waals surface area contributed by atoms with Gasteiger partial charge in [-0.05, 0) is 37.3 Å². The first-order chi connectivity index (χ1) is 13.4. The normalized spacial score (nSPS) is 10.4. The highest BCUT2D eigenvalue weighted by Crippen LogP contribution is 2.26. The minimum atomic E-state index is -0.346. The Morgan fingerprint density at radius 1 is 1.14 bits per heavy atom. The van der Waals surface area contributed by atoms with E-state index in [-0.39, 0.29) is 18.4 Å². The predicted molar refractivity (Wildman–Crippen MR) is 111 cm³/mol. The Morgan fingerprint density at radius 3 is 2.57 bits per heavy atom. The highest BCUT2D eigenvalue weighted by Gasteiger charge is 2.13. The molecule has 0 unspecified atom stereocenters. The van der Waals surface area contributed by atoms with Crippen molar-refractivity contribution >= 4 is 46.1 Å². The lowest BCUT2D eigenvalue weighted by molar-refractivity contribution is -0.114. The quantitative estimate of drug-likeness (QED) is 0.600. The number of anilines is 2. The van der Waals surface area contributed by atoms with Crippen molar-refractivity contribution in [1.82, 2.24) is 4.98 Å². The van der Waals surface area contributed by atoms with E-state index in [0.717, 1.165) is 11.3 Å². The van der Waals surface area contributed by atoms with Crippen LogP contribution in [0.3, 0.4) is 0 Å². The fourth-order valence-electron chi connectivity index (χ4n) is 2.34. The molecule has 0 aliphatic rings. The number of aromatic nitrogens is 1. The number of rotatable bonds is 6. The number of halogens is 1. The topological polar surface area (TPSA) is 80.3 Å². The van der Waals surface area contributed by atoms with Crippen LogP contribution in [0.4, 0.5) is 11.4 Å². The van der Waals surface area contributed by atoms with Gasteiger partial charge in [0.1, 0.15) is 23.1 Å². The summed E-state index contributed by atoms with van der Waals surface area (Å²) >= 11 is 7.47. The molecule has 2 amide bonds. The van der Waals surface area contributed by atoms with Gasteiger partial charge in [-0.1, -0.05) is 29.3 Å². The molecule has 0 saturated heterocycles. The number of amides is 2. The predicted octanol–water partition coefficient (Wildman–Crippen LogP) is 4.89. The van der Waals surface area contributed by atoms with E-state index in [9.17, 15) is 9.59 Å². The van der Waals surface area contributed by atoms with E-state index in [1.54, 1.807) is 23.6 Å². The van der Waals surface area contributed by atoms with E-state index in [1.165, 1.54) is 18.3 Å². The Hall–Kier alpha value is -2.90. The molecular formula is C20H18ClN3O3S. The molecule has 8 heteroatoms. The van der Waals surface area contributed by atoms with Crippen LogP contribution in [0.15, 0.2) is 47.8 Å². The molecule has 0 fully saturated rings. The summed E-state index contributed by atoms with van der Waals surface area (Å²) < 4.78 is 5.68. The van der Waals surface area contributed by atoms with Gasteiger partial charge >= 0.3 is 0 Å². The van der Waals surface area contributed by atoms with Gasteiger partial charge in [-0.3, -0.25) is 9.59 Å². The van der Waals surface area contributed by atoms with Crippen molar-refractivity contribution < 1.29 is 14.3 Å². The minimum Gasteiger partial charge on any atom is -0.486 e. The Morgan fingerprint density at radius 2 is 1.89 bits per heavy atom. The number of nitrogens with zero attached hydrogens (tertiary/aromatic N) is 1. The van der Waals surface area contributed by atoms with Crippen LogP contribution >= 0.6 is 22.9 Å². The molecule has 0 bridgehead atoms. The molecule has 0 saturated carbocycles. The first-order valence-electron chi connectivity index (χ1n) is 8.43. The van der Waals surface area contributed by atoms with Gasteiger partial charge < -0.3 is 15.4 Å². The van der Waals surface area contributed by atoms with Crippen LogP contribution in [0.25, 0.3) is 0 Å². The van der Waals surface area contributed by atoms with Crippen molar-refractivity contribution in [2.75, 3.05) is 10.6 Å². The van der Waals surface area contributed by atoms with Gasteiger partial charge in [0.15, 0.2) is 0 Å². The van der Waals surface area contributed by atoms with E-state index in [4.69, 9.17) is 16.3 Å². The second-order valence-corrected chi connectivity index (χ2v) is 7.41. The van der Waals surface area contributed by atoms with Gasteiger partial charge in [-0.2, -0.15) is 0 Å². The van der Waals surface area contributed by atoms with Crippen LogP contribution in [0.2, 0.25) is 5.02 Å². The molecule has 0 atom stereocenters. The largest absolute Gasteiger partial charge is 0.486 e. The van der Waals surface area contributed by atoms with Crippen LogP contribution in [0, 0.1) is 6.92 Å². The summed E-state index contributed by atoms with van der Waals surface area (Å²) in [6.07, 6.45) is 0. The lowest BCUT2D eigenvalue weighted by Crippen LogP contribution is -2.13. The minimum absolute atomic E-state index is 0.221. The molecule has 6 nitrogen and oxygen atoms in total. The van der Waals surface area contributed by atoms with Gasteiger partial charge in [-0.25, -0.2) is 4.98 Å². The summed E-state index contributed by atoms with van der Waals surface area (Å²) in [6, 6.07) is 12.6. The average molecular weight is 416 g/mol. The van der Waals surface area contributed by atoms with Crippen LogP contribution < -0.4 is 15.4 Å². The second-order valence-electron chi connectivity index (χ2n) is 6.06. The molecule has 3 rings (SSSR count). The molecular weight excluding hydrogens is 398 g/mol. The summed E-state index contributed by atoms with van der Waals surface area (Å²) in [5.74, 6) is 0.184. The summed E-state index contributed by atoms with van der Waals surface area (Å²) in [5, 5.41) is 8.06. The zero-order chi connectivity index (χ0) is 20.1. The molecule has 0 spiro atoms. The van der Waals surface area contributed by atoms with Crippen molar-refractivity contribution in [3.63, 3.8) is 0 Å². The summed E-state index contributed by atoms with van der Waals surface area (Å²) in [5.41, 5.74) is 2.45. The Kier molecular flexibility index (Phi) is 6.28. The first kappa shape index (κ1) is 19.9. The number of carbonyl (C=O) groups is 2. The summed E-state index contributed by atoms with van der Waals surface area (Å²) in [7, 11) is 0. The number of hydrogen-bond donors (Lipinski definition) is 2. The third-order valence-corrected chi connectivity index (χ3v) is 4.84. The molecule has 1 heterocycles. The first-order valence-corrected chi connectivity index (χ1v) is 9.69. The number of hydrogen-bond acceptors (Lipinski definition) is 5. The van der Waals surface area contributed by atoms with Crippen LogP contribution in [-0.2, 0) is 11.4 Å². The molecule has 1 aromatic heterocycles. The lowest BCUT2D eigenvalue weighted by atomic mass is 10.2. The maximum Gasteiger partial charge on any atom is 0.275 e. The van der Waals surface area contributed by atoms with E-state index in [0.29, 0.717) is 27.1 Å². The van der Waals surface area contributed by atoms with Crippen LogP contribution in [0.1, 0.15) is 28.0 Å². The molecule has 0 aliphatic heterocycles. The van der Waals surface area contributed by atoms with E-state index in [2.05, 4.69) is 15.6 Å². The smallest absolute Gasteiger partial charge is 0.275 e. The van der Waals surface area contributed by atoms with Crippen LogP contribution in [-0.4, -0.2) is 16.8 Å². The van der Waals surface area contributed by atoms with Gasteiger partial charge in [0.2, 0.25) is 5.91 Å². The number of benzene rings is 2. The number of nitrogens with one attached hydrogen (secondary N) is 2. The van der Waals surface area contributed by atoms with Gasteiger partial charge in [0.05, 0.1) is 10.7 Å². The monoisotopic (exact) mass is 415 g/mol. The molecule has 0 radical (unpaired) electrons. The fraction of sp³-hybridized carbons (Fsp3) is 0.150. The standard InChI is InChI=1S/C20H18ClN3O3S/c1-12-3-6-15(7-4-12)27-10-19-24-18(11-28-19)20(26)23-14-5-8-17(16(21)9-14)22-13(2)25/h3-9,11H,10H2,1-2H3,(H,22,25)(H,23,26). The van der Waals surface area contributed by atoms with Crippen molar-refractivity contribution in [3.05, 3.63) is 69.1 Å². The molecule has 0 aliphatic carbocycles. The third kappa shape index (κ3) is 5.31. The van der Waals surface area contributed by atoms with E-state index < -0.39 is 0 Å². The number of aryl methyl sites for hydroxylation is 1. The Bertz CT molecular complexity index is 1000. The highest BCUT2D eigenvalue weighted by atomic mass is 35.5. The fourth-order valence-corrected chi connectivity index (χ4v) is 3.25. The molecule has 2 N–H and O–H groups in total. The Labute approximate surface area is 171 Å². The van der Waals surface area contributed by atoms with Crippen molar-refractivity contribution in [1.29, 1.82) is 0 Å².